The van der Waals surface area contributed by atoms with Crippen LogP contribution in [-0.2, 0) is 5.41 Å². The molecular formula is C32H41N5O. The number of benzene rings is 2. The molecule has 2 aromatic carbocycles. The number of imidazole rings is 1. The van der Waals surface area contributed by atoms with Crippen LogP contribution in [-0.4, -0.2) is 52.6 Å². The summed E-state index contributed by atoms with van der Waals surface area (Å²) in [5, 5.41) is 5.87. The SMILES string of the molecule is COc1ccc2cc(-c3nc(C(C)(C)C)[nH]c3-c3ccnc(NCCCN4CCCCC4C)c3)ccc2c1. The lowest BCUT2D eigenvalue weighted by molar-refractivity contribution is 0.160. The number of hydrogen-bond donors (Lipinski definition) is 2. The number of piperidine rings is 1. The second kappa shape index (κ2) is 11.2. The van der Waals surface area contributed by atoms with Crippen molar-refractivity contribution in [2.24, 2.45) is 0 Å². The number of H-pyrrole nitrogens is 1. The maximum atomic E-state index is 5.41. The molecule has 0 amide bonds. The highest BCUT2D eigenvalue weighted by Gasteiger charge is 2.23. The molecule has 6 nitrogen and oxygen atoms in total. The second-order valence-corrected chi connectivity index (χ2v) is 11.6. The standard InChI is InChI=1S/C32H41N5O/c1-22-9-6-7-17-37(22)18-8-15-33-28-21-26(14-16-34-28)30-29(35-31(36-30)32(2,3)4)25-11-10-24-20-27(38-5)13-12-23(24)19-25/h10-14,16,19-22H,6-9,15,17-18H2,1-5H3,(H,33,34)(H,35,36). The summed E-state index contributed by atoms with van der Waals surface area (Å²) in [6, 6.07) is 17.6. The minimum Gasteiger partial charge on any atom is -0.497 e. The van der Waals surface area contributed by atoms with E-state index in [9.17, 15) is 0 Å². The van der Waals surface area contributed by atoms with Crippen LogP contribution < -0.4 is 10.1 Å². The summed E-state index contributed by atoms with van der Waals surface area (Å²) in [6.45, 7) is 12.2. The fourth-order valence-electron chi connectivity index (χ4n) is 5.32. The number of rotatable bonds is 8. The first-order valence-corrected chi connectivity index (χ1v) is 13.9. The van der Waals surface area contributed by atoms with E-state index in [-0.39, 0.29) is 5.41 Å². The molecule has 4 aromatic rings. The van der Waals surface area contributed by atoms with Crippen LogP contribution in [0.1, 0.15) is 59.2 Å². The van der Waals surface area contributed by atoms with E-state index in [4.69, 9.17) is 9.72 Å². The molecule has 3 heterocycles. The van der Waals surface area contributed by atoms with Crippen LogP contribution >= 0.6 is 0 Å². The molecule has 38 heavy (non-hydrogen) atoms. The maximum absolute atomic E-state index is 5.41. The van der Waals surface area contributed by atoms with Gasteiger partial charge in [0, 0.05) is 41.9 Å². The van der Waals surface area contributed by atoms with Crippen LogP contribution in [0.4, 0.5) is 5.82 Å². The number of likely N-dealkylation sites (tertiary alicyclic amines) is 1. The number of nitrogens with one attached hydrogen (secondary N) is 2. The molecule has 1 fully saturated rings. The van der Waals surface area contributed by atoms with Crippen molar-refractivity contribution in [1.29, 1.82) is 0 Å². The number of methoxy groups -OCH3 is 1. The number of hydrogen-bond acceptors (Lipinski definition) is 5. The number of nitrogens with zero attached hydrogens (tertiary/aromatic N) is 3. The molecule has 2 aromatic heterocycles. The Bertz CT molecular complexity index is 1390. The lowest BCUT2D eigenvalue weighted by Gasteiger charge is -2.33. The summed E-state index contributed by atoms with van der Waals surface area (Å²) in [5.74, 6) is 2.74. The minimum absolute atomic E-state index is 0.100. The van der Waals surface area contributed by atoms with Crippen molar-refractivity contribution in [2.45, 2.75) is 64.8 Å². The van der Waals surface area contributed by atoms with Crippen molar-refractivity contribution in [2.75, 3.05) is 32.1 Å². The summed E-state index contributed by atoms with van der Waals surface area (Å²) in [7, 11) is 1.70. The largest absolute Gasteiger partial charge is 0.497 e. The Morgan fingerprint density at radius 1 is 1.03 bits per heavy atom. The van der Waals surface area contributed by atoms with Gasteiger partial charge in [-0.2, -0.15) is 0 Å². The van der Waals surface area contributed by atoms with E-state index in [1.807, 2.05) is 12.3 Å². The van der Waals surface area contributed by atoms with Gasteiger partial charge in [-0.15, -0.1) is 0 Å². The zero-order chi connectivity index (χ0) is 26.7. The lowest BCUT2D eigenvalue weighted by Crippen LogP contribution is -2.38. The monoisotopic (exact) mass is 511 g/mol. The molecular weight excluding hydrogens is 470 g/mol. The number of fused-ring (bicyclic) bond motifs is 1. The fourth-order valence-corrected chi connectivity index (χ4v) is 5.32. The molecule has 200 valence electrons. The van der Waals surface area contributed by atoms with Gasteiger partial charge >= 0.3 is 0 Å². The Labute approximate surface area is 226 Å². The van der Waals surface area contributed by atoms with Gasteiger partial charge in [0.25, 0.3) is 0 Å². The van der Waals surface area contributed by atoms with Crippen molar-refractivity contribution >= 4 is 16.6 Å². The molecule has 5 rings (SSSR count). The molecule has 0 bridgehead atoms. The summed E-state index contributed by atoms with van der Waals surface area (Å²) < 4.78 is 5.41. The molecule has 1 aliphatic heterocycles. The molecule has 0 spiro atoms. The third-order valence-electron chi connectivity index (χ3n) is 7.65. The highest BCUT2D eigenvalue weighted by molar-refractivity contribution is 5.90. The molecule has 6 heteroatoms. The van der Waals surface area contributed by atoms with Crippen molar-refractivity contribution in [3.05, 3.63) is 60.6 Å². The highest BCUT2D eigenvalue weighted by Crippen LogP contribution is 2.35. The Morgan fingerprint density at radius 3 is 2.63 bits per heavy atom. The van der Waals surface area contributed by atoms with Crippen LogP contribution in [0.2, 0.25) is 0 Å². The normalized spacial score (nSPS) is 16.6. The molecule has 0 radical (unpaired) electrons. The van der Waals surface area contributed by atoms with Crippen LogP contribution in [0.5, 0.6) is 5.75 Å². The van der Waals surface area contributed by atoms with Crippen LogP contribution in [0, 0.1) is 0 Å². The van der Waals surface area contributed by atoms with Gasteiger partial charge in [-0.3, -0.25) is 0 Å². The fraction of sp³-hybridized carbons (Fsp3) is 0.438. The first-order valence-electron chi connectivity index (χ1n) is 13.9. The third-order valence-corrected chi connectivity index (χ3v) is 7.65. The smallest absolute Gasteiger partial charge is 0.126 e. The Hall–Kier alpha value is -3.38. The summed E-state index contributed by atoms with van der Waals surface area (Å²) in [4.78, 5) is 16.0. The molecule has 1 atom stereocenters. The van der Waals surface area contributed by atoms with Gasteiger partial charge in [0.15, 0.2) is 0 Å². The Kier molecular flexibility index (Phi) is 7.70. The zero-order valence-corrected chi connectivity index (χ0v) is 23.5. The molecule has 1 unspecified atom stereocenters. The average Bonchev–Trinajstić information content (AvgIpc) is 3.38. The molecule has 1 aliphatic rings. The maximum Gasteiger partial charge on any atom is 0.126 e. The van der Waals surface area contributed by atoms with Gasteiger partial charge in [0.1, 0.15) is 17.4 Å². The van der Waals surface area contributed by atoms with E-state index in [0.717, 1.165) is 70.2 Å². The minimum atomic E-state index is -0.100. The first kappa shape index (κ1) is 26.2. The third kappa shape index (κ3) is 5.86. The van der Waals surface area contributed by atoms with Gasteiger partial charge in [0.2, 0.25) is 0 Å². The number of aromatic amines is 1. The molecule has 2 N–H and O–H groups in total. The van der Waals surface area contributed by atoms with Crippen molar-refractivity contribution in [3.8, 4) is 28.3 Å². The van der Waals surface area contributed by atoms with Gasteiger partial charge in [0.05, 0.1) is 18.5 Å². The Morgan fingerprint density at radius 2 is 1.84 bits per heavy atom. The van der Waals surface area contributed by atoms with Gasteiger partial charge in [-0.25, -0.2) is 9.97 Å². The Balaban J connectivity index is 1.39. The van der Waals surface area contributed by atoms with Crippen molar-refractivity contribution < 1.29 is 4.74 Å². The van der Waals surface area contributed by atoms with E-state index < -0.39 is 0 Å². The van der Waals surface area contributed by atoms with Crippen LogP contribution in [0.3, 0.4) is 0 Å². The first-order chi connectivity index (χ1) is 18.3. The van der Waals surface area contributed by atoms with E-state index in [1.54, 1.807) is 7.11 Å². The summed E-state index contributed by atoms with van der Waals surface area (Å²) >= 11 is 0. The quantitative estimate of drug-likeness (QED) is 0.243. The topological polar surface area (TPSA) is 66.1 Å². The van der Waals surface area contributed by atoms with Gasteiger partial charge < -0.3 is 19.9 Å². The van der Waals surface area contributed by atoms with Gasteiger partial charge in [-0.1, -0.05) is 45.4 Å². The average molecular weight is 512 g/mol. The van der Waals surface area contributed by atoms with Crippen molar-refractivity contribution in [1.82, 2.24) is 19.9 Å². The molecule has 0 saturated carbocycles. The number of anilines is 1. The number of pyridine rings is 1. The van der Waals surface area contributed by atoms with E-state index >= 15 is 0 Å². The van der Waals surface area contributed by atoms with Crippen LogP contribution in [0.15, 0.2) is 54.7 Å². The van der Waals surface area contributed by atoms with Crippen LogP contribution in [0.25, 0.3) is 33.3 Å². The van der Waals surface area contributed by atoms with E-state index in [1.165, 1.54) is 25.8 Å². The van der Waals surface area contributed by atoms with Crippen molar-refractivity contribution in [3.63, 3.8) is 0 Å². The molecule has 0 aliphatic carbocycles. The summed E-state index contributed by atoms with van der Waals surface area (Å²) in [5.41, 5.74) is 4.06. The predicted octanol–water partition coefficient (Wildman–Crippen LogP) is 7.27. The zero-order valence-electron chi connectivity index (χ0n) is 23.5. The summed E-state index contributed by atoms with van der Waals surface area (Å²) in [6.07, 6.45) is 7.02. The number of ether oxygens (including phenoxy) is 1. The lowest BCUT2D eigenvalue weighted by atomic mass is 9.96. The van der Waals surface area contributed by atoms with E-state index in [0.29, 0.717) is 6.04 Å². The predicted molar refractivity (Wildman–Crippen MR) is 158 cm³/mol. The number of aromatic nitrogens is 3. The van der Waals surface area contributed by atoms with E-state index in [2.05, 4.69) is 90.3 Å². The second-order valence-electron chi connectivity index (χ2n) is 11.6. The van der Waals surface area contributed by atoms with Gasteiger partial charge in [-0.05, 0) is 73.8 Å². The molecule has 1 saturated heterocycles. The highest BCUT2D eigenvalue weighted by atomic mass is 16.5.